The average molecular weight is 204 g/mol. The van der Waals surface area contributed by atoms with Gasteiger partial charge in [-0.1, -0.05) is 0 Å². The number of aliphatic hydroxyl groups is 2. The first-order valence-corrected chi connectivity index (χ1v) is 3.64. The molecule has 1 aliphatic heterocycles. The van der Waals surface area contributed by atoms with Crippen molar-refractivity contribution < 1.29 is 34.8 Å². The highest BCUT2D eigenvalue weighted by Crippen LogP contribution is 2.18. The zero-order valence-electron chi connectivity index (χ0n) is 6.82. The standard InChI is InChI=1S/C7H8O7/c8-2-1-3(6(10)11)14-5(4(2)9)7(12)13/h1-2,4-5,8-9H,(H,10,11)(H,12,13)/t2-,4-,5+/m1/s1. The van der Waals surface area contributed by atoms with E-state index >= 15 is 0 Å². The van der Waals surface area contributed by atoms with Gasteiger partial charge in [0.05, 0.1) is 0 Å². The number of ether oxygens (including phenoxy) is 1. The van der Waals surface area contributed by atoms with Crippen LogP contribution in [0.5, 0.6) is 0 Å². The third kappa shape index (κ3) is 1.83. The summed E-state index contributed by atoms with van der Waals surface area (Å²) in [4.78, 5) is 20.9. The molecule has 78 valence electrons. The van der Waals surface area contributed by atoms with Crippen molar-refractivity contribution in [2.24, 2.45) is 0 Å². The molecule has 7 nitrogen and oxygen atoms in total. The quantitative estimate of drug-likeness (QED) is 0.416. The van der Waals surface area contributed by atoms with Gasteiger partial charge in [-0.05, 0) is 6.08 Å². The molecule has 0 saturated carbocycles. The van der Waals surface area contributed by atoms with Gasteiger partial charge in [-0.3, -0.25) is 0 Å². The van der Waals surface area contributed by atoms with Crippen molar-refractivity contribution in [2.75, 3.05) is 0 Å². The summed E-state index contributed by atoms with van der Waals surface area (Å²) in [5.74, 6) is -3.72. The van der Waals surface area contributed by atoms with Crippen LogP contribution in [0.3, 0.4) is 0 Å². The van der Waals surface area contributed by atoms with E-state index in [-0.39, 0.29) is 0 Å². The lowest BCUT2D eigenvalue weighted by atomic mass is 10.0. The van der Waals surface area contributed by atoms with Crippen LogP contribution in [-0.4, -0.2) is 50.7 Å². The molecule has 0 aromatic carbocycles. The molecule has 0 amide bonds. The van der Waals surface area contributed by atoms with E-state index in [9.17, 15) is 9.59 Å². The highest BCUT2D eigenvalue weighted by Gasteiger charge is 2.39. The molecule has 0 radical (unpaired) electrons. The lowest BCUT2D eigenvalue weighted by Gasteiger charge is -2.27. The summed E-state index contributed by atoms with van der Waals surface area (Å²) in [7, 11) is 0. The molecule has 3 atom stereocenters. The van der Waals surface area contributed by atoms with Crippen molar-refractivity contribution in [1.29, 1.82) is 0 Å². The van der Waals surface area contributed by atoms with Gasteiger partial charge in [-0.15, -0.1) is 0 Å². The first-order chi connectivity index (χ1) is 6.43. The monoisotopic (exact) mass is 204 g/mol. The van der Waals surface area contributed by atoms with Gasteiger partial charge in [0.1, 0.15) is 12.2 Å². The lowest BCUT2D eigenvalue weighted by Crippen LogP contribution is -2.47. The van der Waals surface area contributed by atoms with Gasteiger partial charge in [0.2, 0.25) is 11.9 Å². The summed E-state index contributed by atoms with van der Waals surface area (Å²) in [6, 6.07) is 0. The van der Waals surface area contributed by atoms with Crippen LogP contribution in [0.1, 0.15) is 0 Å². The molecule has 0 spiro atoms. The Morgan fingerprint density at radius 2 is 1.86 bits per heavy atom. The van der Waals surface area contributed by atoms with Gasteiger partial charge in [0, 0.05) is 0 Å². The van der Waals surface area contributed by atoms with Crippen LogP contribution in [0.15, 0.2) is 11.8 Å². The predicted molar refractivity (Wildman–Crippen MR) is 40.2 cm³/mol. The van der Waals surface area contributed by atoms with E-state index < -0.39 is 36.0 Å². The molecular formula is C7H8O7. The maximum absolute atomic E-state index is 10.5. The SMILES string of the molecule is O=C(O)C1=C[C@@H](O)[C@@H](O)[C@@H](C(=O)O)O1. The molecule has 0 aliphatic carbocycles. The molecule has 0 bridgehead atoms. The van der Waals surface area contributed by atoms with Crippen molar-refractivity contribution in [3.63, 3.8) is 0 Å². The molecule has 1 aliphatic rings. The topological polar surface area (TPSA) is 124 Å². The summed E-state index contributed by atoms with van der Waals surface area (Å²) in [5, 5.41) is 35.2. The Kier molecular flexibility index (Phi) is 2.73. The molecular weight excluding hydrogens is 196 g/mol. The second kappa shape index (κ2) is 3.64. The number of carbonyl (C=O) groups is 2. The predicted octanol–water partition coefficient (Wildman–Crippen LogP) is -1.84. The summed E-state index contributed by atoms with van der Waals surface area (Å²) < 4.78 is 4.44. The number of carboxylic acids is 2. The largest absolute Gasteiger partial charge is 0.478 e. The highest BCUT2D eigenvalue weighted by atomic mass is 16.6. The Morgan fingerprint density at radius 1 is 1.29 bits per heavy atom. The van der Waals surface area contributed by atoms with E-state index in [0.29, 0.717) is 0 Å². The van der Waals surface area contributed by atoms with E-state index in [0.717, 1.165) is 6.08 Å². The van der Waals surface area contributed by atoms with Gasteiger partial charge >= 0.3 is 11.9 Å². The molecule has 1 heterocycles. The lowest BCUT2D eigenvalue weighted by molar-refractivity contribution is -0.165. The van der Waals surface area contributed by atoms with Gasteiger partial charge in [0.25, 0.3) is 0 Å². The minimum Gasteiger partial charge on any atom is -0.478 e. The van der Waals surface area contributed by atoms with Gasteiger partial charge in [-0.2, -0.15) is 0 Å². The van der Waals surface area contributed by atoms with E-state index in [1.54, 1.807) is 0 Å². The molecule has 7 heteroatoms. The minimum absolute atomic E-state index is 0.685. The average Bonchev–Trinajstić information content (AvgIpc) is 2.08. The molecule has 0 aromatic heterocycles. The van der Waals surface area contributed by atoms with Crippen LogP contribution in [0.2, 0.25) is 0 Å². The maximum atomic E-state index is 10.5. The van der Waals surface area contributed by atoms with Gasteiger partial charge < -0.3 is 25.2 Å². The third-order valence-electron chi connectivity index (χ3n) is 1.69. The van der Waals surface area contributed by atoms with E-state index in [1.165, 1.54) is 0 Å². The van der Waals surface area contributed by atoms with Crippen molar-refractivity contribution >= 4 is 11.9 Å². The Labute approximate surface area is 77.8 Å². The van der Waals surface area contributed by atoms with Crippen molar-refractivity contribution in [3.05, 3.63) is 11.8 Å². The zero-order valence-corrected chi connectivity index (χ0v) is 6.82. The minimum atomic E-state index is -1.76. The number of aliphatic hydroxyl groups excluding tert-OH is 2. The highest BCUT2D eigenvalue weighted by molar-refractivity contribution is 5.86. The van der Waals surface area contributed by atoms with E-state index in [4.69, 9.17) is 20.4 Å². The fraction of sp³-hybridized carbons (Fsp3) is 0.429. The normalized spacial score (nSPS) is 31.6. The van der Waals surface area contributed by atoms with Crippen LogP contribution in [-0.2, 0) is 14.3 Å². The number of aliphatic carboxylic acids is 2. The van der Waals surface area contributed by atoms with Crippen LogP contribution in [0.4, 0.5) is 0 Å². The molecule has 0 fully saturated rings. The second-order valence-corrected chi connectivity index (χ2v) is 2.69. The summed E-state index contributed by atoms with van der Waals surface area (Å²) >= 11 is 0. The zero-order chi connectivity index (χ0) is 10.9. The van der Waals surface area contributed by atoms with E-state index in [1.807, 2.05) is 0 Å². The van der Waals surface area contributed by atoms with Crippen LogP contribution in [0.25, 0.3) is 0 Å². The first kappa shape index (κ1) is 10.5. The van der Waals surface area contributed by atoms with Crippen molar-refractivity contribution in [2.45, 2.75) is 18.3 Å². The number of hydrogen-bond donors (Lipinski definition) is 4. The summed E-state index contributed by atoms with van der Waals surface area (Å²) in [6.45, 7) is 0. The molecule has 0 aromatic rings. The maximum Gasteiger partial charge on any atom is 0.370 e. The number of rotatable bonds is 2. The smallest absolute Gasteiger partial charge is 0.370 e. The molecule has 14 heavy (non-hydrogen) atoms. The number of hydrogen-bond acceptors (Lipinski definition) is 5. The van der Waals surface area contributed by atoms with Crippen LogP contribution < -0.4 is 0 Å². The third-order valence-corrected chi connectivity index (χ3v) is 1.69. The van der Waals surface area contributed by atoms with Crippen LogP contribution in [0, 0.1) is 0 Å². The van der Waals surface area contributed by atoms with Crippen LogP contribution >= 0.6 is 0 Å². The van der Waals surface area contributed by atoms with Crippen molar-refractivity contribution in [3.8, 4) is 0 Å². The fourth-order valence-corrected chi connectivity index (χ4v) is 0.997. The van der Waals surface area contributed by atoms with Crippen molar-refractivity contribution in [1.82, 2.24) is 0 Å². The Bertz CT molecular complexity index is 294. The molecule has 0 unspecified atom stereocenters. The van der Waals surface area contributed by atoms with Gasteiger partial charge in [-0.25, -0.2) is 9.59 Å². The first-order valence-electron chi connectivity index (χ1n) is 3.64. The number of carboxylic acid groups (broad SMARTS) is 2. The summed E-state index contributed by atoms with van der Waals surface area (Å²) in [5.41, 5.74) is 0. The molecule has 0 saturated heterocycles. The Morgan fingerprint density at radius 3 is 2.29 bits per heavy atom. The van der Waals surface area contributed by atoms with Gasteiger partial charge in [0.15, 0.2) is 0 Å². The summed E-state index contributed by atoms with van der Waals surface area (Å²) in [6.07, 6.45) is -4.25. The second-order valence-electron chi connectivity index (χ2n) is 2.69. The molecule has 1 rings (SSSR count). The molecule has 4 N–H and O–H groups in total. The Balaban J connectivity index is 2.92. The fourth-order valence-electron chi connectivity index (χ4n) is 0.997. The van der Waals surface area contributed by atoms with E-state index in [2.05, 4.69) is 4.74 Å². The Hall–Kier alpha value is -1.60.